The molecule has 32 heavy (non-hydrogen) atoms. The lowest BCUT2D eigenvalue weighted by atomic mass is 9.71. The van der Waals surface area contributed by atoms with Gasteiger partial charge in [-0.3, -0.25) is 14.4 Å². The predicted molar refractivity (Wildman–Crippen MR) is 118 cm³/mol. The number of imide groups is 1. The molecule has 0 spiro atoms. The molecule has 1 aliphatic carbocycles. The fourth-order valence-electron chi connectivity index (χ4n) is 5.12. The topological polar surface area (TPSA) is 119 Å². The van der Waals surface area contributed by atoms with Crippen molar-refractivity contribution >= 4 is 35.1 Å². The molecule has 1 saturated carbocycles. The number of carbonyl (C=O) groups excluding carboxylic acids is 4. The summed E-state index contributed by atoms with van der Waals surface area (Å²) >= 11 is 0. The predicted octanol–water partition coefficient (Wildman–Crippen LogP) is 2.00. The number of piperidine rings is 1. The molecule has 2 saturated heterocycles. The van der Waals surface area contributed by atoms with E-state index in [4.69, 9.17) is 0 Å². The number of hydrogen-bond donors (Lipinski definition) is 3. The van der Waals surface area contributed by atoms with E-state index >= 15 is 0 Å². The van der Waals surface area contributed by atoms with Gasteiger partial charge in [0.05, 0.1) is 11.3 Å². The van der Waals surface area contributed by atoms with E-state index in [1.165, 1.54) is 6.92 Å². The SMILES string of the molecule is CC(=O)Nc1cccc(N2C(=O)N[C@@H](CCC(=O)N3CC[C@]4(O)CCCC[C@@H]4C3)C2=O)c1. The van der Waals surface area contributed by atoms with E-state index in [1.807, 2.05) is 0 Å². The van der Waals surface area contributed by atoms with Crippen LogP contribution in [0, 0.1) is 5.92 Å². The maximum atomic E-state index is 12.9. The third-order valence-corrected chi connectivity index (χ3v) is 6.87. The second kappa shape index (κ2) is 8.90. The van der Waals surface area contributed by atoms with Crippen molar-refractivity contribution in [3.05, 3.63) is 24.3 Å². The van der Waals surface area contributed by atoms with E-state index in [0.29, 0.717) is 30.9 Å². The molecule has 9 heteroatoms. The fourth-order valence-corrected chi connectivity index (χ4v) is 5.12. The van der Waals surface area contributed by atoms with Crippen LogP contribution in [0.2, 0.25) is 0 Å². The number of carbonyl (C=O) groups is 4. The lowest BCUT2D eigenvalue weighted by molar-refractivity contribution is -0.143. The molecule has 9 nitrogen and oxygen atoms in total. The number of aliphatic hydroxyl groups is 1. The molecule has 3 aliphatic rings. The van der Waals surface area contributed by atoms with Crippen molar-refractivity contribution in [2.45, 2.75) is 63.5 Å². The average Bonchev–Trinajstić information content (AvgIpc) is 3.04. The Bertz CT molecular complexity index is 935. The van der Waals surface area contributed by atoms with Crippen molar-refractivity contribution in [1.82, 2.24) is 10.2 Å². The summed E-state index contributed by atoms with van der Waals surface area (Å²) in [6, 6.07) is 5.19. The number of likely N-dealkylation sites (tertiary alicyclic amines) is 1. The first-order valence-corrected chi connectivity index (χ1v) is 11.3. The Kier molecular flexibility index (Phi) is 6.19. The molecular formula is C23H30N4O5. The molecule has 0 unspecified atom stereocenters. The van der Waals surface area contributed by atoms with Gasteiger partial charge >= 0.3 is 6.03 Å². The maximum Gasteiger partial charge on any atom is 0.329 e. The minimum absolute atomic E-state index is 0.0502. The Balaban J connectivity index is 1.35. The number of urea groups is 1. The summed E-state index contributed by atoms with van der Waals surface area (Å²) < 4.78 is 0. The molecule has 2 heterocycles. The van der Waals surface area contributed by atoms with E-state index in [9.17, 15) is 24.3 Å². The summed E-state index contributed by atoms with van der Waals surface area (Å²) in [7, 11) is 0. The van der Waals surface area contributed by atoms with Crippen molar-refractivity contribution in [2.24, 2.45) is 5.92 Å². The van der Waals surface area contributed by atoms with E-state index in [1.54, 1.807) is 29.2 Å². The Morgan fingerprint density at radius 2 is 2.06 bits per heavy atom. The molecule has 3 atom stereocenters. The summed E-state index contributed by atoms with van der Waals surface area (Å²) in [4.78, 5) is 52.2. The number of amides is 5. The van der Waals surface area contributed by atoms with Crippen molar-refractivity contribution < 1.29 is 24.3 Å². The van der Waals surface area contributed by atoms with Crippen molar-refractivity contribution in [3.8, 4) is 0 Å². The average molecular weight is 443 g/mol. The summed E-state index contributed by atoms with van der Waals surface area (Å²) in [5.74, 6) is -0.595. The van der Waals surface area contributed by atoms with Gasteiger partial charge in [0.1, 0.15) is 6.04 Å². The van der Waals surface area contributed by atoms with Gasteiger partial charge in [-0.25, -0.2) is 9.69 Å². The van der Waals surface area contributed by atoms with Crippen molar-refractivity contribution in [3.63, 3.8) is 0 Å². The van der Waals surface area contributed by atoms with Gasteiger partial charge < -0.3 is 20.6 Å². The Hall–Kier alpha value is -2.94. The monoisotopic (exact) mass is 442 g/mol. The molecule has 172 valence electrons. The Morgan fingerprint density at radius 3 is 2.84 bits per heavy atom. The van der Waals surface area contributed by atoms with Crippen molar-refractivity contribution in [2.75, 3.05) is 23.3 Å². The van der Waals surface area contributed by atoms with E-state index < -0.39 is 23.6 Å². The Morgan fingerprint density at radius 1 is 1.25 bits per heavy atom. The quantitative estimate of drug-likeness (QED) is 0.603. The van der Waals surface area contributed by atoms with Crippen LogP contribution in [0.25, 0.3) is 0 Å². The third kappa shape index (κ3) is 4.48. The smallest absolute Gasteiger partial charge is 0.329 e. The normalized spacial score (nSPS) is 27.7. The van der Waals surface area contributed by atoms with Crippen LogP contribution in [0.1, 0.15) is 51.9 Å². The number of benzene rings is 1. The van der Waals surface area contributed by atoms with Crippen molar-refractivity contribution in [1.29, 1.82) is 0 Å². The second-order valence-electron chi connectivity index (χ2n) is 9.08. The summed E-state index contributed by atoms with van der Waals surface area (Å²) in [6.07, 6.45) is 4.83. The molecular weight excluding hydrogens is 412 g/mol. The molecule has 0 aromatic heterocycles. The van der Waals surface area contributed by atoms with E-state index in [2.05, 4.69) is 10.6 Å². The zero-order valence-electron chi connectivity index (χ0n) is 18.3. The molecule has 0 radical (unpaired) electrons. The number of nitrogens with one attached hydrogen (secondary N) is 2. The van der Waals surface area contributed by atoms with Crippen LogP contribution in [-0.4, -0.2) is 58.5 Å². The van der Waals surface area contributed by atoms with Crippen LogP contribution in [0.4, 0.5) is 16.2 Å². The second-order valence-corrected chi connectivity index (χ2v) is 9.08. The zero-order valence-corrected chi connectivity index (χ0v) is 18.3. The van der Waals surface area contributed by atoms with Gasteiger partial charge in [-0.15, -0.1) is 0 Å². The molecule has 3 N–H and O–H groups in total. The maximum absolute atomic E-state index is 12.9. The highest BCUT2D eigenvalue weighted by atomic mass is 16.3. The van der Waals surface area contributed by atoms with Gasteiger partial charge in [0.2, 0.25) is 11.8 Å². The number of nitrogens with zero attached hydrogens (tertiary/aromatic N) is 2. The van der Waals surface area contributed by atoms with Gasteiger partial charge in [-0.1, -0.05) is 18.9 Å². The minimum atomic E-state index is -0.771. The molecule has 1 aromatic rings. The van der Waals surface area contributed by atoms with Crippen LogP contribution >= 0.6 is 0 Å². The van der Waals surface area contributed by atoms with Gasteiger partial charge in [0, 0.05) is 38.0 Å². The van der Waals surface area contributed by atoms with Gasteiger partial charge in [-0.2, -0.15) is 0 Å². The summed E-state index contributed by atoms with van der Waals surface area (Å²) in [5, 5.41) is 16.1. The molecule has 5 amide bonds. The molecule has 3 fully saturated rings. The lowest BCUT2D eigenvalue weighted by Gasteiger charge is -2.47. The van der Waals surface area contributed by atoms with E-state index in [0.717, 1.165) is 30.6 Å². The van der Waals surface area contributed by atoms with E-state index in [-0.39, 0.29) is 30.6 Å². The van der Waals surface area contributed by atoms with Crippen LogP contribution < -0.4 is 15.5 Å². The van der Waals surface area contributed by atoms with Crippen LogP contribution in [-0.2, 0) is 14.4 Å². The Labute approximate surface area is 187 Å². The molecule has 0 bridgehead atoms. The van der Waals surface area contributed by atoms with Crippen LogP contribution in [0.5, 0.6) is 0 Å². The number of hydrogen-bond acceptors (Lipinski definition) is 5. The fraction of sp³-hybridized carbons (Fsp3) is 0.565. The largest absolute Gasteiger partial charge is 0.389 e. The zero-order chi connectivity index (χ0) is 22.9. The first-order chi connectivity index (χ1) is 15.3. The van der Waals surface area contributed by atoms with Gasteiger partial charge in [0.25, 0.3) is 5.91 Å². The first kappa shape index (κ1) is 22.3. The summed E-state index contributed by atoms with van der Waals surface area (Å²) in [5.41, 5.74) is 0.207. The highest BCUT2D eigenvalue weighted by molar-refractivity contribution is 6.21. The lowest BCUT2D eigenvalue weighted by Crippen LogP contribution is -2.54. The van der Waals surface area contributed by atoms with Crippen LogP contribution in [0.15, 0.2) is 24.3 Å². The number of fused-ring (bicyclic) bond motifs is 1. The van der Waals surface area contributed by atoms with Gasteiger partial charge in [-0.05, 0) is 43.9 Å². The standard InChI is InChI=1S/C23H30N4O5/c1-15(28)24-17-6-4-7-18(13-17)27-21(30)19(25-22(27)31)8-9-20(29)26-12-11-23(32)10-3-2-5-16(23)14-26/h4,6-7,13,16,19,32H,2-3,5,8-12,14H2,1H3,(H,24,28)(H,25,31)/t16-,19+,23-/m1/s1. The highest BCUT2D eigenvalue weighted by Crippen LogP contribution is 2.40. The highest BCUT2D eigenvalue weighted by Gasteiger charge is 2.44. The number of rotatable bonds is 5. The molecule has 2 aliphatic heterocycles. The minimum Gasteiger partial charge on any atom is -0.389 e. The van der Waals surface area contributed by atoms with Gasteiger partial charge in [0.15, 0.2) is 0 Å². The summed E-state index contributed by atoms with van der Waals surface area (Å²) in [6.45, 7) is 2.46. The van der Waals surface area contributed by atoms with Crippen LogP contribution in [0.3, 0.4) is 0 Å². The molecule has 1 aromatic carbocycles. The molecule has 4 rings (SSSR count). The number of anilines is 2. The third-order valence-electron chi connectivity index (χ3n) is 6.87. The first-order valence-electron chi connectivity index (χ1n) is 11.3.